The lowest BCUT2D eigenvalue weighted by molar-refractivity contribution is 0.114. The van der Waals surface area contributed by atoms with Crippen molar-refractivity contribution in [2.24, 2.45) is 5.92 Å². The van der Waals surface area contributed by atoms with Crippen molar-refractivity contribution in [1.82, 2.24) is 5.32 Å². The third-order valence-corrected chi connectivity index (χ3v) is 3.27. The van der Waals surface area contributed by atoms with E-state index in [-0.39, 0.29) is 18.6 Å². The predicted octanol–water partition coefficient (Wildman–Crippen LogP) is 1.71. The quantitative estimate of drug-likeness (QED) is 0.861. The Hall–Kier alpha value is -0.580. The van der Waals surface area contributed by atoms with Crippen molar-refractivity contribution >= 4 is 15.9 Å². The van der Waals surface area contributed by atoms with Crippen LogP contribution in [0.3, 0.4) is 0 Å². The maximum Gasteiger partial charge on any atom is 0.124 e. The van der Waals surface area contributed by atoms with Crippen LogP contribution in [0, 0.1) is 5.92 Å². The molecule has 0 spiro atoms. The Morgan fingerprint density at radius 3 is 3.07 bits per heavy atom. The molecule has 0 saturated heterocycles. The second kappa shape index (κ2) is 4.51. The highest BCUT2D eigenvalue weighted by atomic mass is 79.9. The number of halogens is 1. The minimum Gasteiger partial charge on any atom is -0.493 e. The van der Waals surface area contributed by atoms with Crippen LogP contribution in [0.5, 0.6) is 5.75 Å². The van der Waals surface area contributed by atoms with Crippen molar-refractivity contribution in [3.63, 3.8) is 0 Å². The average Bonchev–Trinajstić information content (AvgIpc) is 2.27. The van der Waals surface area contributed by atoms with Gasteiger partial charge in [0.2, 0.25) is 0 Å². The van der Waals surface area contributed by atoms with Crippen LogP contribution < -0.4 is 10.1 Å². The second-order valence-electron chi connectivity index (χ2n) is 3.70. The maximum atomic E-state index is 9.26. The molecule has 2 N–H and O–H groups in total. The van der Waals surface area contributed by atoms with E-state index in [1.54, 1.807) is 0 Å². The molecule has 1 aliphatic heterocycles. The van der Waals surface area contributed by atoms with E-state index < -0.39 is 0 Å². The summed E-state index contributed by atoms with van der Waals surface area (Å²) in [6.45, 7) is 0.702. The monoisotopic (exact) mass is 271 g/mol. The molecule has 0 aliphatic carbocycles. The highest BCUT2D eigenvalue weighted by Gasteiger charge is 2.29. The standard InChI is InChI=1S/C11H14BrNO2/c1-13-11-7(5-14)6-15-10-3-2-8(12)4-9(10)11/h2-4,7,11,13-14H,5-6H2,1H3/t7-,11+/m1/s1. The van der Waals surface area contributed by atoms with Crippen molar-refractivity contribution < 1.29 is 9.84 Å². The summed E-state index contributed by atoms with van der Waals surface area (Å²) in [5.74, 6) is 1.03. The first kappa shape index (κ1) is 10.9. The summed E-state index contributed by atoms with van der Waals surface area (Å²) in [5, 5.41) is 12.5. The number of nitrogens with one attached hydrogen (secondary N) is 1. The fourth-order valence-corrected chi connectivity index (χ4v) is 2.37. The molecule has 2 rings (SSSR count). The van der Waals surface area contributed by atoms with Crippen molar-refractivity contribution in [2.75, 3.05) is 20.3 Å². The van der Waals surface area contributed by atoms with Gasteiger partial charge in [0, 0.05) is 22.0 Å². The average molecular weight is 272 g/mol. The van der Waals surface area contributed by atoms with Crippen LogP contribution in [0.25, 0.3) is 0 Å². The van der Waals surface area contributed by atoms with E-state index in [2.05, 4.69) is 21.2 Å². The van der Waals surface area contributed by atoms with Gasteiger partial charge in [-0.1, -0.05) is 15.9 Å². The van der Waals surface area contributed by atoms with E-state index in [0.717, 1.165) is 15.8 Å². The summed E-state index contributed by atoms with van der Waals surface area (Å²) in [6, 6.07) is 6.12. The van der Waals surface area contributed by atoms with Crippen LogP contribution in [-0.4, -0.2) is 25.4 Å². The van der Waals surface area contributed by atoms with Crippen LogP contribution in [0.4, 0.5) is 0 Å². The molecule has 82 valence electrons. The summed E-state index contributed by atoms with van der Waals surface area (Å²) < 4.78 is 6.62. The van der Waals surface area contributed by atoms with Gasteiger partial charge in [0.1, 0.15) is 5.75 Å². The third kappa shape index (κ3) is 2.02. The first-order valence-corrected chi connectivity index (χ1v) is 5.76. The van der Waals surface area contributed by atoms with E-state index in [9.17, 15) is 5.11 Å². The number of hydrogen-bond donors (Lipinski definition) is 2. The lowest BCUT2D eigenvalue weighted by Gasteiger charge is -2.32. The van der Waals surface area contributed by atoms with Gasteiger partial charge >= 0.3 is 0 Å². The molecule has 1 aromatic rings. The molecule has 1 aliphatic rings. The van der Waals surface area contributed by atoms with E-state index in [4.69, 9.17) is 4.74 Å². The van der Waals surface area contributed by atoms with Crippen molar-refractivity contribution in [3.05, 3.63) is 28.2 Å². The van der Waals surface area contributed by atoms with Crippen LogP contribution >= 0.6 is 15.9 Å². The van der Waals surface area contributed by atoms with Crippen molar-refractivity contribution in [2.45, 2.75) is 6.04 Å². The van der Waals surface area contributed by atoms with E-state index in [1.807, 2.05) is 25.2 Å². The number of hydrogen-bond acceptors (Lipinski definition) is 3. The molecular formula is C11H14BrNO2. The third-order valence-electron chi connectivity index (χ3n) is 2.78. The molecule has 3 nitrogen and oxygen atoms in total. The zero-order valence-corrected chi connectivity index (χ0v) is 10.1. The summed E-state index contributed by atoms with van der Waals surface area (Å²) >= 11 is 3.44. The summed E-state index contributed by atoms with van der Waals surface area (Å²) in [5.41, 5.74) is 1.11. The smallest absolute Gasteiger partial charge is 0.124 e. The van der Waals surface area contributed by atoms with Gasteiger partial charge in [-0.25, -0.2) is 0 Å². The van der Waals surface area contributed by atoms with Crippen LogP contribution in [-0.2, 0) is 0 Å². The van der Waals surface area contributed by atoms with E-state index >= 15 is 0 Å². The lowest BCUT2D eigenvalue weighted by atomic mass is 9.91. The first-order chi connectivity index (χ1) is 7.26. The molecule has 1 aromatic carbocycles. The highest BCUT2D eigenvalue weighted by molar-refractivity contribution is 9.10. The molecule has 1 heterocycles. The SMILES string of the molecule is CN[C@@H]1c2cc(Br)ccc2OC[C@H]1CO. The molecule has 2 atom stereocenters. The van der Waals surface area contributed by atoms with Gasteiger partial charge in [0.15, 0.2) is 0 Å². The van der Waals surface area contributed by atoms with E-state index in [1.165, 1.54) is 0 Å². The molecule has 0 radical (unpaired) electrons. The predicted molar refractivity (Wildman–Crippen MR) is 62.0 cm³/mol. The number of fused-ring (bicyclic) bond motifs is 1. The Bertz CT molecular complexity index is 356. The van der Waals surface area contributed by atoms with Crippen LogP contribution in [0.15, 0.2) is 22.7 Å². The summed E-state index contributed by atoms with van der Waals surface area (Å²) in [6.07, 6.45) is 0. The molecule has 0 saturated carbocycles. The van der Waals surface area contributed by atoms with Gasteiger partial charge in [0.05, 0.1) is 13.2 Å². The minimum absolute atomic E-state index is 0.122. The topological polar surface area (TPSA) is 41.5 Å². The number of aliphatic hydroxyl groups is 1. The van der Waals surface area contributed by atoms with Gasteiger partial charge in [-0.05, 0) is 25.2 Å². The molecule has 0 aromatic heterocycles. The molecule has 0 unspecified atom stereocenters. The van der Waals surface area contributed by atoms with Crippen molar-refractivity contribution in [3.8, 4) is 5.75 Å². The Morgan fingerprint density at radius 1 is 1.60 bits per heavy atom. The zero-order chi connectivity index (χ0) is 10.8. The summed E-state index contributed by atoms with van der Waals surface area (Å²) in [4.78, 5) is 0. The lowest BCUT2D eigenvalue weighted by Crippen LogP contribution is -2.35. The molecule has 0 fully saturated rings. The number of aliphatic hydroxyl groups excluding tert-OH is 1. The van der Waals surface area contributed by atoms with Gasteiger partial charge in [-0.3, -0.25) is 0 Å². The van der Waals surface area contributed by atoms with Crippen LogP contribution in [0.1, 0.15) is 11.6 Å². The van der Waals surface area contributed by atoms with Crippen molar-refractivity contribution in [1.29, 1.82) is 0 Å². The Morgan fingerprint density at radius 2 is 2.40 bits per heavy atom. The highest BCUT2D eigenvalue weighted by Crippen LogP contribution is 2.36. The molecule has 4 heteroatoms. The number of benzene rings is 1. The maximum absolute atomic E-state index is 9.26. The molecule has 0 bridgehead atoms. The fraction of sp³-hybridized carbons (Fsp3) is 0.455. The Balaban J connectivity index is 2.39. The van der Waals surface area contributed by atoms with Gasteiger partial charge in [-0.15, -0.1) is 0 Å². The van der Waals surface area contributed by atoms with Gasteiger partial charge in [-0.2, -0.15) is 0 Å². The Kier molecular flexibility index (Phi) is 3.29. The number of ether oxygens (including phenoxy) is 1. The normalized spacial score (nSPS) is 24.5. The van der Waals surface area contributed by atoms with Gasteiger partial charge in [0.25, 0.3) is 0 Å². The zero-order valence-electron chi connectivity index (χ0n) is 8.53. The minimum atomic E-state index is 0.122. The molecule has 15 heavy (non-hydrogen) atoms. The van der Waals surface area contributed by atoms with Gasteiger partial charge < -0.3 is 15.2 Å². The van der Waals surface area contributed by atoms with E-state index in [0.29, 0.717) is 6.61 Å². The second-order valence-corrected chi connectivity index (χ2v) is 4.62. The Labute approximate surface area is 97.6 Å². The summed E-state index contributed by atoms with van der Waals surface area (Å²) in [7, 11) is 1.91. The largest absolute Gasteiger partial charge is 0.493 e. The molecule has 0 amide bonds. The fourth-order valence-electron chi connectivity index (χ4n) is 1.99. The first-order valence-electron chi connectivity index (χ1n) is 4.96. The molecular weight excluding hydrogens is 258 g/mol. The number of rotatable bonds is 2. The van der Waals surface area contributed by atoms with Crippen LogP contribution in [0.2, 0.25) is 0 Å².